The zero-order valence-electron chi connectivity index (χ0n) is 27.7. The third kappa shape index (κ3) is 6.39. The van der Waals surface area contributed by atoms with Crippen molar-refractivity contribution in [3.63, 3.8) is 0 Å². The smallest absolute Gasteiger partial charge is 0.226 e. The van der Waals surface area contributed by atoms with Gasteiger partial charge in [0.25, 0.3) is 0 Å². The van der Waals surface area contributed by atoms with Crippen LogP contribution in [0.5, 0.6) is 0 Å². The Morgan fingerprint density at radius 1 is 0.391 bits per heavy atom. The average molecular weight is 609 g/mol. The Morgan fingerprint density at radius 3 is 1.13 bits per heavy atom. The van der Waals surface area contributed by atoms with Gasteiger partial charge in [-0.05, 0) is 119 Å². The van der Waals surface area contributed by atoms with Gasteiger partial charge in [-0.2, -0.15) is 0 Å². The average Bonchev–Trinajstić information content (AvgIpc) is 3.11. The predicted octanol–water partition coefficient (Wildman–Crippen LogP) is 9.15. The molecule has 234 valence electrons. The highest BCUT2D eigenvalue weighted by Crippen LogP contribution is 2.33. The minimum Gasteiger partial charge on any atom is -0.341 e. The number of aryl methyl sites for hydroxylation is 4. The number of hydrogen-bond donors (Lipinski definition) is 0. The minimum absolute atomic E-state index is 0.822. The third-order valence-electron chi connectivity index (χ3n) is 9.77. The second kappa shape index (κ2) is 13.0. The molecule has 2 aliphatic heterocycles. The SMILES string of the molecule is Cc1ccc(-c2cc(-c3cccc(-c4cc(-c5ccc(C)c(C)c5)nc(N5CCCCC5)n4)c3)nc(N3CCCCC3)n2)cc1C. The Hall–Kier alpha value is -4.58. The molecule has 2 saturated heterocycles. The van der Waals surface area contributed by atoms with Crippen LogP contribution in [-0.2, 0) is 0 Å². The zero-order valence-corrected chi connectivity index (χ0v) is 27.7. The van der Waals surface area contributed by atoms with Crippen LogP contribution in [0, 0.1) is 27.7 Å². The zero-order chi connectivity index (χ0) is 31.6. The lowest BCUT2D eigenvalue weighted by molar-refractivity contribution is 0.568. The number of benzene rings is 3. The van der Waals surface area contributed by atoms with E-state index in [1.54, 1.807) is 0 Å². The maximum atomic E-state index is 5.18. The van der Waals surface area contributed by atoms with Crippen molar-refractivity contribution in [3.8, 4) is 45.0 Å². The van der Waals surface area contributed by atoms with Gasteiger partial charge in [0, 0.05) is 48.4 Å². The summed E-state index contributed by atoms with van der Waals surface area (Å²) in [5.41, 5.74) is 13.3. The number of rotatable bonds is 6. The van der Waals surface area contributed by atoms with Gasteiger partial charge in [-0.25, -0.2) is 19.9 Å². The van der Waals surface area contributed by atoms with Crippen molar-refractivity contribution < 1.29 is 0 Å². The highest BCUT2D eigenvalue weighted by Gasteiger charge is 2.20. The Balaban J connectivity index is 1.33. The summed E-state index contributed by atoms with van der Waals surface area (Å²) < 4.78 is 0. The molecule has 0 N–H and O–H groups in total. The van der Waals surface area contributed by atoms with Crippen LogP contribution in [0.2, 0.25) is 0 Å². The van der Waals surface area contributed by atoms with Crippen molar-refractivity contribution in [1.29, 1.82) is 0 Å². The number of aromatic nitrogens is 4. The van der Waals surface area contributed by atoms with Crippen LogP contribution >= 0.6 is 0 Å². The summed E-state index contributed by atoms with van der Waals surface area (Å²) in [5, 5.41) is 0. The summed E-state index contributed by atoms with van der Waals surface area (Å²) in [4.78, 5) is 25.3. The first-order valence-electron chi connectivity index (χ1n) is 17.0. The van der Waals surface area contributed by atoms with Gasteiger partial charge in [-0.3, -0.25) is 0 Å². The molecule has 0 bridgehead atoms. The van der Waals surface area contributed by atoms with Crippen molar-refractivity contribution in [1.82, 2.24) is 19.9 Å². The normalized spacial score (nSPS) is 15.3. The molecule has 2 aliphatic rings. The molecule has 0 unspecified atom stereocenters. The Bertz CT molecular complexity index is 1730. The van der Waals surface area contributed by atoms with Crippen molar-refractivity contribution in [2.45, 2.75) is 66.2 Å². The first-order chi connectivity index (χ1) is 22.4. The molecule has 2 fully saturated rings. The van der Waals surface area contributed by atoms with Gasteiger partial charge >= 0.3 is 0 Å². The van der Waals surface area contributed by atoms with E-state index >= 15 is 0 Å². The lowest BCUT2D eigenvalue weighted by Gasteiger charge is -2.27. The summed E-state index contributed by atoms with van der Waals surface area (Å²) in [7, 11) is 0. The first-order valence-corrected chi connectivity index (χ1v) is 17.0. The molecule has 46 heavy (non-hydrogen) atoms. The summed E-state index contributed by atoms with van der Waals surface area (Å²) in [6.45, 7) is 12.6. The van der Waals surface area contributed by atoms with Gasteiger partial charge < -0.3 is 9.80 Å². The minimum atomic E-state index is 0.822. The first kappa shape index (κ1) is 30.1. The number of anilines is 2. The van der Waals surface area contributed by atoms with E-state index in [4.69, 9.17) is 19.9 Å². The highest BCUT2D eigenvalue weighted by atomic mass is 15.3. The quantitative estimate of drug-likeness (QED) is 0.192. The highest BCUT2D eigenvalue weighted by molar-refractivity contribution is 5.76. The molecule has 7 rings (SSSR count). The molecule has 0 saturated carbocycles. The largest absolute Gasteiger partial charge is 0.341 e. The van der Waals surface area contributed by atoms with E-state index in [1.807, 2.05) is 0 Å². The summed E-state index contributed by atoms with van der Waals surface area (Å²) in [5.74, 6) is 1.64. The second-order valence-electron chi connectivity index (χ2n) is 13.2. The lowest BCUT2D eigenvalue weighted by Crippen LogP contribution is -2.31. The maximum absolute atomic E-state index is 5.18. The number of piperidine rings is 2. The molecule has 0 atom stereocenters. The molecule has 6 nitrogen and oxygen atoms in total. The second-order valence-corrected chi connectivity index (χ2v) is 13.2. The monoisotopic (exact) mass is 608 g/mol. The Kier molecular flexibility index (Phi) is 8.53. The van der Waals surface area contributed by atoms with Crippen LogP contribution in [0.1, 0.15) is 60.8 Å². The van der Waals surface area contributed by atoms with E-state index in [0.717, 1.165) is 83.1 Å². The van der Waals surface area contributed by atoms with Crippen molar-refractivity contribution in [2.24, 2.45) is 0 Å². The Morgan fingerprint density at radius 2 is 0.761 bits per heavy atom. The lowest BCUT2D eigenvalue weighted by atomic mass is 10.0. The van der Waals surface area contributed by atoms with E-state index in [2.05, 4.69) is 110 Å². The van der Waals surface area contributed by atoms with E-state index in [9.17, 15) is 0 Å². The van der Waals surface area contributed by atoms with Crippen molar-refractivity contribution in [3.05, 3.63) is 95.1 Å². The molecule has 0 amide bonds. The van der Waals surface area contributed by atoms with Gasteiger partial charge in [-0.15, -0.1) is 0 Å². The van der Waals surface area contributed by atoms with Crippen LogP contribution < -0.4 is 9.80 Å². The predicted molar refractivity (Wildman–Crippen MR) is 190 cm³/mol. The van der Waals surface area contributed by atoms with E-state index in [1.165, 1.54) is 60.8 Å². The molecule has 0 aliphatic carbocycles. The van der Waals surface area contributed by atoms with E-state index in [-0.39, 0.29) is 0 Å². The van der Waals surface area contributed by atoms with E-state index < -0.39 is 0 Å². The molecule has 6 heteroatoms. The summed E-state index contributed by atoms with van der Waals surface area (Å²) in [6, 6.07) is 26.2. The summed E-state index contributed by atoms with van der Waals surface area (Å²) >= 11 is 0. The molecular weight excluding hydrogens is 564 g/mol. The molecular formula is C40H44N6. The molecule has 0 radical (unpaired) electrons. The molecule has 5 aromatic rings. The fourth-order valence-corrected chi connectivity index (χ4v) is 6.57. The van der Waals surface area contributed by atoms with Crippen LogP contribution in [0.15, 0.2) is 72.8 Å². The van der Waals surface area contributed by atoms with Gasteiger partial charge in [0.05, 0.1) is 22.8 Å². The van der Waals surface area contributed by atoms with Gasteiger partial charge in [-0.1, -0.05) is 42.5 Å². The maximum Gasteiger partial charge on any atom is 0.226 e. The standard InChI is InChI=1S/C40H44N6/c1-27-14-16-33(22-29(27)3)37-25-35(41-39(43-37)45-18-7-5-8-19-45)31-12-11-13-32(24-31)36-26-38(34-17-15-28(2)30(4)23-34)44-40(42-36)46-20-9-6-10-21-46/h11-17,22-26H,5-10,18-21H2,1-4H3. The fourth-order valence-electron chi connectivity index (χ4n) is 6.57. The molecule has 4 heterocycles. The van der Waals surface area contributed by atoms with Crippen molar-refractivity contribution >= 4 is 11.9 Å². The van der Waals surface area contributed by atoms with Crippen LogP contribution in [0.4, 0.5) is 11.9 Å². The third-order valence-corrected chi connectivity index (χ3v) is 9.77. The number of nitrogens with zero attached hydrogens (tertiary/aromatic N) is 6. The van der Waals surface area contributed by atoms with E-state index in [0.29, 0.717) is 0 Å². The van der Waals surface area contributed by atoms with Gasteiger partial charge in [0.2, 0.25) is 11.9 Å². The van der Waals surface area contributed by atoms with Crippen molar-refractivity contribution in [2.75, 3.05) is 36.0 Å². The molecule has 3 aromatic carbocycles. The Labute approximate surface area is 273 Å². The molecule has 0 spiro atoms. The summed E-state index contributed by atoms with van der Waals surface area (Å²) in [6.07, 6.45) is 7.25. The van der Waals surface area contributed by atoms with Gasteiger partial charge in [0.1, 0.15) is 0 Å². The van der Waals surface area contributed by atoms with Crippen LogP contribution in [-0.4, -0.2) is 46.1 Å². The fraction of sp³-hybridized carbons (Fsp3) is 0.350. The number of hydrogen-bond acceptors (Lipinski definition) is 6. The molecule has 2 aromatic heterocycles. The topological polar surface area (TPSA) is 58.0 Å². The van der Waals surface area contributed by atoms with Gasteiger partial charge in [0.15, 0.2) is 0 Å². The van der Waals surface area contributed by atoms with Crippen LogP contribution in [0.25, 0.3) is 45.0 Å². The van der Waals surface area contributed by atoms with Crippen LogP contribution in [0.3, 0.4) is 0 Å².